The molecule has 1 fully saturated rings. The van der Waals surface area contributed by atoms with Gasteiger partial charge in [0.15, 0.2) is 35.1 Å². The van der Waals surface area contributed by atoms with Crippen LogP contribution in [-0.4, -0.2) is 54.5 Å². The van der Waals surface area contributed by atoms with Crippen molar-refractivity contribution in [2.45, 2.75) is 71.0 Å². The normalized spacial score (nSPS) is 19.8. The highest BCUT2D eigenvalue weighted by Gasteiger charge is 2.37. The van der Waals surface area contributed by atoms with Gasteiger partial charge in [-0.3, -0.25) is 14.7 Å². The first-order chi connectivity index (χ1) is 17.4. The molecule has 200 valence electrons. The molecule has 1 aliphatic rings. The fourth-order valence-electron chi connectivity index (χ4n) is 3.84. The largest absolute Gasteiger partial charge is 0.519 e. The molecule has 4 rings (SSSR count). The van der Waals surface area contributed by atoms with Gasteiger partial charge in [0.05, 0.1) is 25.0 Å². The van der Waals surface area contributed by atoms with Gasteiger partial charge in [-0.25, -0.2) is 14.6 Å². The Morgan fingerprint density at radius 3 is 2.76 bits per heavy atom. The Kier molecular flexibility index (Phi) is 7.01. The van der Waals surface area contributed by atoms with Crippen LogP contribution in [0, 0.1) is 13.0 Å². The van der Waals surface area contributed by atoms with Gasteiger partial charge in [0.1, 0.15) is 11.8 Å². The first-order valence-electron chi connectivity index (χ1n) is 11.3. The topological polar surface area (TPSA) is 181 Å². The van der Waals surface area contributed by atoms with Crippen molar-refractivity contribution in [3.8, 4) is 0 Å². The maximum Gasteiger partial charge on any atom is 0.519 e. The van der Waals surface area contributed by atoms with E-state index in [4.69, 9.17) is 18.6 Å². The van der Waals surface area contributed by atoms with Gasteiger partial charge < -0.3 is 28.2 Å². The van der Waals surface area contributed by atoms with Crippen molar-refractivity contribution in [3.05, 3.63) is 34.5 Å². The number of esters is 1. The number of anilines is 1. The van der Waals surface area contributed by atoms with E-state index in [1.165, 1.54) is 31.7 Å². The summed E-state index contributed by atoms with van der Waals surface area (Å²) in [6, 6.07) is 0. The number of nitrogens with zero attached hydrogens (tertiary/aromatic N) is 4. The molecule has 0 aliphatic carbocycles. The van der Waals surface area contributed by atoms with Crippen LogP contribution in [0.3, 0.4) is 0 Å². The summed E-state index contributed by atoms with van der Waals surface area (Å²) < 4.78 is 41.4. The minimum atomic E-state index is -1.33. The third kappa shape index (κ3) is 5.94. The molecule has 0 saturated carbocycles. The fraction of sp³-hybridized carbons (Fsp3) is 0.545. The number of nitrogens with one attached hydrogen (secondary N) is 1. The number of fused-ring (bicyclic) bond motifs is 1. The molecule has 14 nitrogen and oxygen atoms in total. The molecule has 0 bridgehead atoms. The van der Waals surface area contributed by atoms with Crippen LogP contribution in [-0.2, 0) is 25.6 Å². The van der Waals surface area contributed by atoms with Crippen LogP contribution in [0.4, 0.5) is 15.0 Å². The predicted octanol–water partition coefficient (Wildman–Crippen LogP) is 2.34. The number of aliphatic hydroxyl groups is 1. The van der Waals surface area contributed by atoms with Gasteiger partial charge in [-0.15, -0.1) is 0 Å². The second-order valence-electron chi connectivity index (χ2n) is 9.43. The Morgan fingerprint density at radius 1 is 1.35 bits per heavy atom. The van der Waals surface area contributed by atoms with E-state index in [1.54, 1.807) is 6.92 Å². The van der Waals surface area contributed by atoms with Crippen molar-refractivity contribution >= 4 is 29.0 Å². The van der Waals surface area contributed by atoms with E-state index in [9.17, 15) is 23.9 Å². The van der Waals surface area contributed by atoms with Crippen LogP contribution in [0.25, 0.3) is 11.2 Å². The Labute approximate surface area is 208 Å². The highest BCUT2D eigenvalue weighted by molar-refractivity contribution is 5.93. The van der Waals surface area contributed by atoms with E-state index >= 15 is 0 Å². The summed E-state index contributed by atoms with van der Waals surface area (Å²) >= 11 is 0. The van der Waals surface area contributed by atoms with E-state index < -0.39 is 41.4 Å². The summed E-state index contributed by atoms with van der Waals surface area (Å²) in [4.78, 5) is 47.4. The lowest BCUT2D eigenvalue weighted by Crippen LogP contribution is -2.33. The molecule has 3 aromatic rings. The summed E-state index contributed by atoms with van der Waals surface area (Å²) in [7, 11) is 0. The van der Waals surface area contributed by atoms with Crippen LogP contribution >= 0.6 is 0 Å². The van der Waals surface area contributed by atoms with Gasteiger partial charge in [-0.1, -0.05) is 0 Å². The number of hydrogen-bond acceptors (Lipinski definition) is 12. The van der Waals surface area contributed by atoms with E-state index in [1.807, 2.05) is 0 Å². The SMILES string of the molecule is Cc1oc(=O)oc1COC(=O)CC(C)(C)OC(=O)Nc1nc(F)nc2c1ncn2[C@H]1CC[C@@](C)(CO)O1. The first-order valence-corrected chi connectivity index (χ1v) is 11.3. The lowest BCUT2D eigenvalue weighted by atomic mass is 10.0. The minimum absolute atomic E-state index is 0.0630. The second-order valence-corrected chi connectivity index (χ2v) is 9.43. The molecule has 0 spiro atoms. The molecule has 37 heavy (non-hydrogen) atoms. The van der Waals surface area contributed by atoms with E-state index in [2.05, 4.69) is 24.7 Å². The monoisotopic (exact) mass is 523 g/mol. The lowest BCUT2D eigenvalue weighted by Gasteiger charge is -2.24. The minimum Gasteiger partial charge on any atom is -0.457 e. The summed E-state index contributed by atoms with van der Waals surface area (Å²) in [5.74, 6) is -1.64. The summed E-state index contributed by atoms with van der Waals surface area (Å²) in [5, 5.41) is 11.9. The average Bonchev–Trinajstić information content (AvgIpc) is 3.48. The van der Waals surface area contributed by atoms with Gasteiger partial charge in [-0.05, 0) is 40.5 Å². The Bertz CT molecular complexity index is 1380. The molecule has 2 atom stereocenters. The maximum absolute atomic E-state index is 14.2. The molecule has 1 amide bonds. The van der Waals surface area contributed by atoms with Crippen molar-refractivity contribution in [3.63, 3.8) is 0 Å². The molecule has 1 aliphatic heterocycles. The van der Waals surface area contributed by atoms with E-state index in [0.717, 1.165) is 0 Å². The van der Waals surface area contributed by atoms with Crippen LogP contribution in [0.15, 0.2) is 20.0 Å². The molecule has 0 radical (unpaired) electrons. The van der Waals surface area contributed by atoms with Gasteiger partial charge in [0.25, 0.3) is 0 Å². The number of carbonyl (C=O) groups is 2. The van der Waals surface area contributed by atoms with Crippen LogP contribution in [0.5, 0.6) is 0 Å². The van der Waals surface area contributed by atoms with Crippen molar-refractivity contribution in [2.75, 3.05) is 11.9 Å². The van der Waals surface area contributed by atoms with Crippen molar-refractivity contribution in [1.82, 2.24) is 19.5 Å². The maximum atomic E-state index is 14.2. The van der Waals surface area contributed by atoms with Gasteiger partial charge >= 0.3 is 24.0 Å². The molecule has 1 saturated heterocycles. The van der Waals surface area contributed by atoms with Crippen LogP contribution in [0.2, 0.25) is 0 Å². The quantitative estimate of drug-likeness (QED) is 0.325. The average molecular weight is 523 g/mol. The first kappa shape index (κ1) is 26.2. The molecule has 4 heterocycles. The number of imidazole rings is 1. The van der Waals surface area contributed by atoms with Crippen molar-refractivity contribution in [2.24, 2.45) is 0 Å². The number of aryl methyl sites for hydroxylation is 1. The van der Waals surface area contributed by atoms with E-state index in [-0.39, 0.29) is 48.1 Å². The molecule has 3 aromatic heterocycles. The number of hydrogen-bond donors (Lipinski definition) is 2. The number of halogens is 1. The molecule has 0 unspecified atom stereocenters. The van der Waals surface area contributed by atoms with Crippen molar-refractivity contribution in [1.29, 1.82) is 0 Å². The number of ether oxygens (including phenoxy) is 3. The van der Waals surface area contributed by atoms with Crippen LogP contribution < -0.4 is 11.1 Å². The molecule has 15 heteroatoms. The number of amides is 1. The van der Waals surface area contributed by atoms with Crippen LogP contribution in [0.1, 0.15) is 57.8 Å². The van der Waals surface area contributed by atoms with Gasteiger partial charge in [0, 0.05) is 0 Å². The zero-order chi connectivity index (χ0) is 27.0. The Morgan fingerprint density at radius 2 is 2.11 bits per heavy atom. The number of rotatable bonds is 8. The smallest absolute Gasteiger partial charge is 0.457 e. The third-order valence-electron chi connectivity index (χ3n) is 5.74. The van der Waals surface area contributed by atoms with Gasteiger partial charge in [0.2, 0.25) is 0 Å². The lowest BCUT2D eigenvalue weighted by molar-refractivity contribution is -0.149. The standard InChI is InChI=1S/C22H26FN5O9/c1-11-12(35-20(32)34-11)8-33-14(30)7-21(2,3)37-19(31)26-16-15-17(27-18(23)25-16)28(10-24-15)13-5-6-22(4,9-29)36-13/h10,13,29H,5-9H2,1-4H3,(H,25,26,27,31)/t13-,22+/m1/s1. The fourth-order valence-corrected chi connectivity index (χ4v) is 3.84. The predicted molar refractivity (Wildman–Crippen MR) is 121 cm³/mol. The van der Waals surface area contributed by atoms with Crippen molar-refractivity contribution < 1.29 is 42.1 Å². The second kappa shape index (κ2) is 9.89. The van der Waals surface area contributed by atoms with E-state index in [0.29, 0.717) is 12.8 Å². The third-order valence-corrected chi connectivity index (χ3v) is 5.74. The Hall–Kier alpha value is -3.85. The van der Waals surface area contributed by atoms with Gasteiger partial charge in [-0.2, -0.15) is 14.4 Å². The highest BCUT2D eigenvalue weighted by atomic mass is 19.1. The Balaban J connectivity index is 1.40. The molecule has 0 aromatic carbocycles. The number of aliphatic hydroxyl groups excluding tert-OH is 1. The summed E-state index contributed by atoms with van der Waals surface area (Å²) in [6.45, 7) is 5.67. The molecular weight excluding hydrogens is 497 g/mol. The summed E-state index contributed by atoms with van der Waals surface area (Å²) in [5.41, 5.74) is -1.90. The zero-order valence-corrected chi connectivity index (χ0v) is 20.6. The number of aromatic nitrogens is 4. The zero-order valence-electron chi connectivity index (χ0n) is 20.6. The summed E-state index contributed by atoms with van der Waals surface area (Å²) in [6.07, 6.45) is -0.522. The molecule has 2 N–H and O–H groups in total. The molecular formula is C22H26FN5O9. The highest BCUT2D eigenvalue weighted by Crippen LogP contribution is 2.37. The number of carbonyl (C=O) groups excluding carboxylic acids is 2.